The molecule has 3 aromatic carbocycles. The van der Waals surface area contributed by atoms with E-state index in [2.05, 4.69) is 70.1 Å². The second kappa shape index (κ2) is 8.20. The largest absolute Gasteiger partial charge is 0.497 e. The van der Waals surface area contributed by atoms with Crippen LogP contribution >= 0.6 is 0 Å². The Labute approximate surface area is 184 Å². The number of rotatable bonds is 4. The van der Waals surface area contributed by atoms with Gasteiger partial charge in [-0.25, -0.2) is 9.48 Å². The lowest BCUT2D eigenvalue weighted by molar-refractivity contribution is -0.658. The Morgan fingerprint density at radius 1 is 0.839 bits per heavy atom. The molecule has 3 aromatic rings. The van der Waals surface area contributed by atoms with E-state index < -0.39 is 5.72 Å². The van der Waals surface area contributed by atoms with E-state index in [-0.39, 0.29) is 0 Å². The Morgan fingerprint density at radius 2 is 1.55 bits per heavy atom. The highest BCUT2D eigenvalue weighted by Crippen LogP contribution is 2.36. The molecule has 0 bridgehead atoms. The number of anilines is 1. The maximum Gasteiger partial charge on any atom is 0.271 e. The Hall–Kier alpha value is -3.11. The maximum atomic E-state index is 12.0. The van der Waals surface area contributed by atoms with Gasteiger partial charge in [-0.1, -0.05) is 54.6 Å². The Balaban J connectivity index is 1.52. The van der Waals surface area contributed by atoms with Gasteiger partial charge < -0.3 is 9.84 Å². The van der Waals surface area contributed by atoms with E-state index in [9.17, 15) is 5.11 Å². The van der Waals surface area contributed by atoms with Crippen LogP contribution in [0.1, 0.15) is 31.2 Å². The van der Waals surface area contributed by atoms with Crippen LogP contribution in [0.4, 0.5) is 5.69 Å². The molecule has 0 fully saturated rings. The van der Waals surface area contributed by atoms with Crippen LogP contribution in [0.3, 0.4) is 0 Å². The lowest BCUT2D eigenvalue weighted by Gasteiger charge is -2.24. The molecule has 2 aliphatic heterocycles. The summed E-state index contributed by atoms with van der Waals surface area (Å²) in [5.74, 6) is 2.06. The summed E-state index contributed by atoms with van der Waals surface area (Å²) >= 11 is 0. The number of amidine groups is 1. The predicted octanol–water partition coefficient (Wildman–Crippen LogP) is 5.01. The third-order valence-electron chi connectivity index (χ3n) is 6.57. The van der Waals surface area contributed by atoms with Crippen LogP contribution in [-0.2, 0) is 5.72 Å². The summed E-state index contributed by atoms with van der Waals surface area (Å²) in [5.41, 5.74) is 3.36. The molecule has 158 valence electrons. The minimum absolute atomic E-state index is 0.527. The van der Waals surface area contributed by atoms with Gasteiger partial charge in [-0.15, -0.1) is 0 Å². The van der Waals surface area contributed by atoms with Gasteiger partial charge in [0.1, 0.15) is 11.4 Å². The highest BCUT2D eigenvalue weighted by atomic mass is 16.5. The molecule has 2 aliphatic rings. The van der Waals surface area contributed by atoms with Crippen molar-refractivity contribution in [1.82, 2.24) is 0 Å². The molecule has 31 heavy (non-hydrogen) atoms. The van der Waals surface area contributed by atoms with Gasteiger partial charge in [-0.2, -0.15) is 0 Å². The normalized spacial score (nSPS) is 21.0. The number of ether oxygens (including phenoxy) is 1. The zero-order chi connectivity index (χ0) is 21.3. The number of nitrogens with zero attached hydrogens (tertiary/aromatic N) is 2. The second-order valence-corrected chi connectivity index (χ2v) is 8.42. The minimum atomic E-state index is -1.03. The highest BCUT2D eigenvalue weighted by Gasteiger charge is 2.51. The van der Waals surface area contributed by atoms with Crippen molar-refractivity contribution in [2.75, 3.05) is 25.1 Å². The molecule has 0 spiro atoms. The first-order chi connectivity index (χ1) is 15.2. The molecule has 0 radical (unpaired) electrons. The van der Waals surface area contributed by atoms with Gasteiger partial charge in [0.2, 0.25) is 0 Å². The maximum absolute atomic E-state index is 12.0. The van der Waals surface area contributed by atoms with Crippen molar-refractivity contribution >= 4 is 11.5 Å². The van der Waals surface area contributed by atoms with Crippen molar-refractivity contribution in [1.29, 1.82) is 0 Å². The fourth-order valence-electron chi connectivity index (χ4n) is 4.88. The van der Waals surface area contributed by atoms with Crippen molar-refractivity contribution in [2.24, 2.45) is 0 Å². The van der Waals surface area contributed by atoms with Crippen LogP contribution in [-0.4, -0.2) is 35.7 Å². The van der Waals surface area contributed by atoms with Gasteiger partial charge in [0, 0.05) is 12.0 Å². The molecule has 0 saturated carbocycles. The number of hydrogen-bond acceptors (Lipinski definition) is 3. The van der Waals surface area contributed by atoms with Gasteiger partial charge in [0.15, 0.2) is 6.54 Å². The molecule has 4 heteroatoms. The zero-order valence-electron chi connectivity index (χ0n) is 18.0. The number of aliphatic hydroxyl groups is 1. The lowest BCUT2D eigenvalue weighted by atomic mass is 9.98. The molecular weight excluding hydrogens is 384 g/mol. The van der Waals surface area contributed by atoms with E-state index >= 15 is 0 Å². The van der Waals surface area contributed by atoms with Crippen LogP contribution in [0.5, 0.6) is 5.75 Å². The van der Waals surface area contributed by atoms with Gasteiger partial charge in [0.05, 0.1) is 13.7 Å². The molecule has 0 aliphatic carbocycles. The summed E-state index contributed by atoms with van der Waals surface area (Å²) in [7, 11) is 1.69. The summed E-state index contributed by atoms with van der Waals surface area (Å²) in [5, 5.41) is 12.0. The molecule has 4 nitrogen and oxygen atoms in total. The first-order valence-electron chi connectivity index (χ1n) is 11.1. The Bertz CT molecular complexity index is 1070. The van der Waals surface area contributed by atoms with E-state index in [1.807, 2.05) is 18.2 Å². The molecule has 2 heterocycles. The van der Waals surface area contributed by atoms with Gasteiger partial charge in [0.25, 0.3) is 11.6 Å². The molecule has 0 amide bonds. The summed E-state index contributed by atoms with van der Waals surface area (Å²) in [4.78, 5) is 2.29. The minimum Gasteiger partial charge on any atom is -0.497 e. The lowest BCUT2D eigenvalue weighted by Crippen LogP contribution is -2.41. The molecule has 0 aromatic heterocycles. The van der Waals surface area contributed by atoms with Crippen molar-refractivity contribution in [3.63, 3.8) is 0 Å². The van der Waals surface area contributed by atoms with Crippen LogP contribution in [0, 0.1) is 0 Å². The molecule has 0 saturated heterocycles. The molecule has 0 unspecified atom stereocenters. The SMILES string of the molecule is COc1ccc(N2C[C@](O)(c3ccc(-c4ccccc4)cc3)[N+]3=C2CCCCC3)cc1. The third-order valence-corrected chi connectivity index (χ3v) is 6.57. The predicted molar refractivity (Wildman–Crippen MR) is 125 cm³/mol. The van der Waals surface area contributed by atoms with Crippen molar-refractivity contribution in [3.8, 4) is 16.9 Å². The zero-order valence-corrected chi connectivity index (χ0v) is 18.0. The average Bonchev–Trinajstić information content (AvgIpc) is 2.97. The van der Waals surface area contributed by atoms with E-state index in [1.165, 1.54) is 17.8 Å². The molecule has 1 atom stereocenters. The first kappa shape index (κ1) is 19.8. The number of methoxy groups -OCH3 is 1. The van der Waals surface area contributed by atoms with Crippen LogP contribution < -0.4 is 9.64 Å². The highest BCUT2D eigenvalue weighted by molar-refractivity contribution is 5.96. The van der Waals surface area contributed by atoms with Crippen LogP contribution in [0.2, 0.25) is 0 Å². The molecular formula is C27H29N2O2+. The van der Waals surface area contributed by atoms with Crippen molar-refractivity contribution in [3.05, 3.63) is 84.4 Å². The topological polar surface area (TPSA) is 35.7 Å². The number of β-amino-alcohol motifs (C(OH)–C–C–N with tert-alkyl or cyclic N) is 1. The van der Waals surface area contributed by atoms with Gasteiger partial charge in [-0.3, -0.25) is 0 Å². The Morgan fingerprint density at radius 3 is 2.26 bits per heavy atom. The van der Waals surface area contributed by atoms with E-state index in [0.717, 1.165) is 48.4 Å². The van der Waals surface area contributed by atoms with Crippen LogP contribution in [0.15, 0.2) is 78.9 Å². The smallest absolute Gasteiger partial charge is 0.271 e. The summed E-state index contributed by atoms with van der Waals surface area (Å²) < 4.78 is 7.57. The van der Waals surface area contributed by atoms with E-state index in [1.54, 1.807) is 7.11 Å². The number of hydrogen-bond donors (Lipinski definition) is 1. The quantitative estimate of drug-likeness (QED) is 0.611. The summed E-state index contributed by atoms with van der Waals surface area (Å²) in [6.07, 6.45) is 4.43. The van der Waals surface area contributed by atoms with Gasteiger partial charge >= 0.3 is 0 Å². The Kier molecular flexibility index (Phi) is 5.24. The summed E-state index contributed by atoms with van der Waals surface area (Å²) in [6.45, 7) is 1.40. The fraction of sp³-hybridized carbons (Fsp3) is 0.296. The van der Waals surface area contributed by atoms with Crippen molar-refractivity contribution in [2.45, 2.75) is 31.4 Å². The molecule has 5 rings (SSSR count). The standard InChI is InChI=1S/C27H29N2O2/c1-31-25-17-15-24(16-18-25)28-20-27(30,29-19-7-3-6-10-26(28)29)23-13-11-22(12-14-23)21-8-4-2-5-9-21/h2,4-5,8-9,11-18,30H,3,6-7,10,19-20H2,1H3/q+1/t27-/m0/s1. The fourth-order valence-corrected chi connectivity index (χ4v) is 4.88. The van der Waals surface area contributed by atoms with E-state index in [0.29, 0.717) is 6.54 Å². The first-order valence-corrected chi connectivity index (χ1v) is 11.1. The van der Waals surface area contributed by atoms with E-state index in [4.69, 9.17) is 4.74 Å². The number of benzene rings is 3. The monoisotopic (exact) mass is 413 g/mol. The third kappa shape index (κ3) is 3.61. The molecule has 1 N–H and O–H groups in total. The van der Waals surface area contributed by atoms with Gasteiger partial charge in [-0.05, 0) is 54.7 Å². The summed E-state index contributed by atoms with van der Waals surface area (Å²) in [6, 6.07) is 26.9. The average molecular weight is 414 g/mol. The second-order valence-electron chi connectivity index (χ2n) is 8.42. The van der Waals surface area contributed by atoms with Crippen LogP contribution in [0.25, 0.3) is 11.1 Å². The van der Waals surface area contributed by atoms with Crippen molar-refractivity contribution < 1.29 is 14.4 Å².